The number of nitrogens with zero attached hydrogens (tertiary/aromatic N) is 1. The molecule has 0 saturated carbocycles. The summed E-state index contributed by atoms with van der Waals surface area (Å²) < 4.78 is 0. The van der Waals surface area contributed by atoms with Crippen LogP contribution in [0, 0.1) is 0 Å². The van der Waals surface area contributed by atoms with Crippen LogP contribution in [0.1, 0.15) is 15.9 Å². The van der Waals surface area contributed by atoms with Crippen molar-refractivity contribution in [2.24, 2.45) is 4.99 Å². The van der Waals surface area contributed by atoms with Crippen molar-refractivity contribution in [2.75, 3.05) is 5.73 Å². The van der Waals surface area contributed by atoms with E-state index < -0.39 is 5.97 Å². The average molecular weight is 240 g/mol. The Bertz CT molecular complexity index is 606. The number of aromatic carboxylic acids is 1. The third kappa shape index (κ3) is 2.55. The van der Waals surface area contributed by atoms with Gasteiger partial charge in [-0.3, -0.25) is 4.99 Å². The zero-order chi connectivity index (χ0) is 13.0. The van der Waals surface area contributed by atoms with E-state index in [9.17, 15) is 4.79 Å². The van der Waals surface area contributed by atoms with Crippen LogP contribution in [0.4, 0.5) is 11.4 Å². The van der Waals surface area contributed by atoms with Gasteiger partial charge in [-0.05, 0) is 18.2 Å². The van der Waals surface area contributed by atoms with Crippen LogP contribution in [0.3, 0.4) is 0 Å². The molecule has 3 N–H and O–H groups in total. The van der Waals surface area contributed by atoms with E-state index in [-0.39, 0.29) is 5.56 Å². The third-order valence-electron chi connectivity index (χ3n) is 2.47. The van der Waals surface area contributed by atoms with Gasteiger partial charge in [0.2, 0.25) is 0 Å². The van der Waals surface area contributed by atoms with Crippen LogP contribution in [-0.2, 0) is 0 Å². The zero-order valence-corrected chi connectivity index (χ0v) is 9.58. The minimum atomic E-state index is -0.974. The summed E-state index contributed by atoms with van der Waals surface area (Å²) in [5.74, 6) is -0.974. The maximum absolute atomic E-state index is 11.0. The summed E-state index contributed by atoms with van der Waals surface area (Å²) in [5, 5.41) is 9.03. The van der Waals surface area contributed by atoms with Crippen molar-refractivity contribution >= 4 is 23.6 Å². The molecular weight excluding hydrogens is 228 g/mol. The summed E-state index contributed by atoms with van der Waals surface area (Å²) in [4.78, 5) is 15.2. The SMILES string of the molecule is Nc1ccccc1N=Cc1ccccc1C(=O)O. The van der Waals surface area contributed by atoms with Crippen LogP contribution in [-0.4, -0.2) is 17.3 Å². The fraction of sp³-hybridized carbons (Fsp3) is 0. The molecule has 0 atom stereocenters. The largest absolute Gasteiger partial charge is 0.478 e. The topological polar surface area (TPSA) is 75.7 Å². The van der Waals surface area contributed by atoms with Crippen LogP contribution in [0.5, 0.6) is 0 Å². The second-order valence-electron chi connectivity index (χ2n) is 3.71. The first-order valence-corrected chi connectivity index (χ1v) is 5.39. The van der Waals surface area contributed by atoms with E-state index in [0.717, 1.165) is 0 Å². The summed E-state index contributed by atoms with van der Waals surface area (Å²) >= 11 is 0. The number of nitrogens with two attached hydrogens (primary N) is 1. The van der Waals surface area contributed by atoms with E-state index in [4.69, 9.17) is 10.8 Å². The lowest BCUT2D eigenvalue weighted by Gasteiger charge is -2.01. The first-order valence-electron chi connectivity index (χ1n) is 5.39. The van der Waals surface area contributed by atoms with Crippen molar-refractivity contribution in [3.63, 3.8) is 0 Å². The number of carboxylic acids is 1. The number of nitrogen functional groups attached to an aromatic ring is 1. The predicted octanol–water partition coefficient (Wildman–Crippen LogP) is 2.72. The Hall–Kier alpha value is -2.62. The highest BCUT2D eigenvalue weighted by atomic mass is 16.4. The van der Waals surface area contributed by atoms with Gasteiger partial charge in [0.1, 0.15) is 0 Å². The molecule has 0 aromatic heterocycles. The molecule has 0 spiro atoms. The van der Waals surface area contributed by atoms with Crippen molar-refractivity contribution in [1.82, 2.24) is 0 Å². The number of carbonyl (C=O) groups is 1. The molecule has 0 saturated heterocycles. The lowest BCUT2D eigenvalue weighted by atomic mass is 10.1. The van der Waals surface area contributed by atoms with Crippen molar-refractivity contribution in [1.29, 1.82) is 0 Å². The van der Waals surface area contributed by atoms with Gasteiger partial charge >= 0.3 is 5.97 Å². The summed E-state index contributed by atoms with van der Waals surface area (Å²) in [6.45, 7) is 0. The van der Waals surface area contributed by atoms with E-state index in [2.05, 4.69) is 4.99 Å². The molecule has 2 aromatic carbocycles. The number of anilines is 1. The standard InChI is InChI=1S/C14H12N2O2/c15-12-7-3-4-8-13(12)16-9-10-5-1-2-6-11(10)14(17)18/h1-9H,15H2,(H,17,18). The van der Waals surface area contributed by atoms with Crippen LogP contribution >= 0.6 is 0 Å². The van der Waals surface area contributed by atoms with Gasteiger partial charge in [0, 0.05) is 11.8 Å². The van der Waals surface area contributed by atoms with Crippen LogP contribution in [0.2, 0.25) is 0 Å². The molecule has 90 valence electrons. The highest BCUT2D eigenvalue weighted by molar-refractivity contribution is 5.99. The molecule has 2 aromatic rings. The quantitative estimate of drug-likeness (QED) is 0.639. The lowest BCUT2D eigenvalue weighted by molar-refractivity contribution is 0.0697. The van der Waals surface area contributed by atoms with Crippen LogP contribution in [0.15, 0.2) is 53.5 Å². The van der Waals surface area contributed by atoms with Gasteiger partial charge in [-0.2, -0.15) is 0 Å². The summed E-state index contributed by atoms with van der Waals surface area (Å²) in [6, 6.07) is 13.8. The van der Waals surface area contributed by atoms with Crippen molar-refractivity contribution in [2.45, 2.75) is 0 Å². The van der Waals surface area contributed by atoms with Crippen molar-refractivity contribution in [3.05, 3.63) is 59.7 Å². The zero-order valence-electron chi connectivity index (χ0n) is 9.58. The average Bonchev–Trinajstić information content (AvgIpc) is 2.38. The Morgan fingerprint density at radius 1 is 1.11 bits per heavy atom. The number of hydrogen-bond acceptors (Lipinski definition) is 3. The van der Waals surface area contributed by atoms with Gasteiger partial charge in [0.25, 0.3) is 0 Å². The molecule has 0 aliphatic heterocycles. The van der Waals surface area contributed by atoms with Crippen LogP contribution < -0.4 is 5.73 Å². The van der Waals surface area contributed by atoms with Gasteiger partial charge in [-0.25, -0.2) is 4.79 Å². The Kier molecular flexibility index (Phi) is 3.38. The van der Waals surface area contributed by atoms with Crippen molar-refractivity contribution < 1.29 is 9.90 Å². The first kappa shape index (κ1) is 11.9. The highest BCUT2D eigenvalue weighted by Crippen LogP contribution is 2.20. The summed E-state index contributed by atoms with van der Waals surface area (Å²) in [7, 11) is 0. The fourth-order valence-electron chi connectivity index (χ4n) is 1.55. The Morgan fingerprint density at radius 3 is 2.50 bits per heavy atom. The summed E-state index contributed by atoms with van der Waals surface area (Å²) in [5.41, 5.74) is 7.70. The monoisotopic (exact) mass is 240 g/mol. The van der Waals surface area contributed by atoms with E-state index >= 15 is 0 Å². The molecule has 0 heterocycles. The fourth-order valence-corrected chi connectivity index (χ4v) is 1.55. The minimum absolute atomic E-state index is 0.218. The molecule has 0 aliphatic rings. The maximum atomic E-state index is 11.0. The smallest absolute Gasteiger partial charge is 0.336 e. The van der Waals surface area contributed by atoms with Gasteiger partial charge in [-0.1, -0.05) is 30.3 Å². The number of carboxylic acid groups (broad SMARTS) is 1. The summed E-state index contributed by atoms with van der Waals surface area (Å²) in [6.07, 6.45) is 1.51. The predicted molar refractivity (Wildman–Crippen MR) is 71.5 cm³/mol. The lowest BCUT2D eigenvalue weighted by Crippen LogP contribution is -2.01. The molecule has 18 heavy (non-hydrogen) atoms. The number of aliphatic imine (C=N–C) groups is 1. The maximum Gasteiger partial charge on any atom is 0.336 e. The molecular formula is C14H12N2O2. The molecule has 0 bridgehead atoms. The Morgan fingerprint density at radius 2 is 1.78 bits per heavy atom. The molecule has 2 rings (SSSR count). The number of hydrogen-bond donors (Lipinski definition) is 2. The van der Waals surface area contributed by atoms with Gasteiger partial charge < -0.3 is 10.8 Å². The molecule has 4 nitrogen and oxygen atoms in total. The molecule has 0 unspecified atom stereocenters. The van der Waals surface area contributed by atoms with E-state index in [1.54, 1.807) is 30.3 Å². The Balaban J connectivity index is 2.35. The normalized spacial score (nSPS) is 10.7. The molecule has 0 aliphatic carbocycles. The molecule has 4 heteroatoms. The second kappa shape index (κ2) is 5.14. The van der Waals surface area contributed by atoms with E-state index in [1.807, 2.05) is 12.1 Å². The first-order chi connectivity index (χ1) is 8.68. The van der Waals surface area contributed by atoms with Crippen molar-refractivity contribution in [3.8, 4) is 0 Å². The number of benzene rings is 2. The number of rotatable bonds is 3. The Labute approximate surface area is 104 Å². The minimum Gasteiger partial charge on any atom is -0.478 e. The van der Waals surface area contributed by atoms with Gasteiger partial charge in [0.15, 0.2) is 0 Å². The van der Waals surface area contributed by atoms with E-state index in [0.29, 0.717) is 16.9 Å². The molecule has 0 fully saturated rings. The van der Waals surface area contributed by atoms with Gasteiger partial charge in [0.05, 0.1) is 16.9 Å². The highest BCUT2D eigenvalue weighted by Gasteiger charge is 2.06. The third-order valence-corrected chi connectivity index (χ3v) is 2.47. The number of para-hydroxylation sites is 2. The van der Waals surface area contributed by atoms with Crippen LogP contribution in [0.25, 0.3) is 0 Å². The molecule has 0 amide bonds. The van der Waals surface area contributed by atoms with Gasteiger partial charge in [-0.15, -0.1) is 0 Å². The molecule has 0 radical (unpaired) electrons. The second-order valence-corrected chi connectivity index (χ2v) is 3.71. The van der Waals surface area contributed by atoms with E-state index in [1.165, 1.54) is 12.3 Å².